The van der Waals surface area contributed by atoms with Crippen molar-refractivity contribution in [3.05, 3.63) is 23.8 Å². The minimum Gasteiger partial charge on any atom is -0.345 e. The Bertz CT molecular complexity index is 703. The van der Waals surface area contributed by atoms with E-state index in [-0.39, 0.29) is 0 Å². The first-order chi connectivity index (χ1) is 10.8. The van der Waals surface area contributed by atoms with Gasteiger partial charge in [0.05, 0.1) is 21.8 Å². The molecule has 0 unspecified atom stereocenters. The van der Waals surface area contributed by atoms with Crippen molar-refractivity contribution in [3.63, 3.8) is 0 Å². The van der Waals surface area contributed by atoms with Gasteiger partial charge in [-0.15, -0.1) is 0 Å². The first-order valence-corrected chi connectivity index (χ1v) is 8.95. The Balaban J connectivity index is 1.48. The molecule has 1 aromatic heterocycles. The van der Waals surface area contributed by atoms with Gasteiger partial charge in [0, 0.05) is 32.2 Å². The van der Waals surface area contributed by atoms with Crippen LogP contribution in [0, 0.1) is 11.3 Å². The van der Waals surface area contributed by atoms with Gasteiger partial charge in [-0.25, -0.2) is 4.98 Å². The number of anilines is 1. The Morgan fingerprint density at radius 3 is 2.64 bits per heavy atom. The normalized spacial score (nSPS) is 20.6. The quantitative estimate of drug-likeness (QED) is 0.854. The van der Waals surface area contributed by atoms with Gasteiger partial charge >= 0.3 is 0 Å². The molecule has 2 aromatic rings. The zero-order chi connectivity index (χ0) is 14.9. The number of fused-ring (bicyclic) bond motifs is 1. The van der Waals surface area contributed by atoms with E-state index in [0.717, 1.165) is 47.6 Å². The molecule has 4 rings (SSSR count). The number of rotatable bonds is 2. The minimum atomic E-state index is 0.716. The SMILES string of the molecule is N#Cc1ccc2nc(N3CCN(C4CCCC4)CC3)sc2c1. The molecule has 2 fully saturated rings. The van der Waals surface area contributed by atoms with Gasteiger partial charge in [0.25, 0.3) is 0 Å². The van der Waals surface area contributed by atoms with E-state index in [1.54, 1.807) is 11.3 Å². The van der Waals surface area contributed by atoms with Crippen LogP contribution in [0.4, 0.5) is 5.13 Å². The van der Waals surface area contributed by atoms with Crippen molar-refractivity contribution >= 4 is 26.7 Å². The molecule has 0 amide bonds. The molecule has 1 aliphatic carbocycles. The molecule has 0 bridgehead atoms. The van der Waals surface area contributed by atoms with Gasteiger partial charge in [0.1, 0.15) is 0 Å². The summed E-state index contributed by atoms with van der Waals surface area (Å²) in [5.41, 5.74) is 1.73. The highest BCUT2D eigenvalue weighted by molar-refractivity contribution is 7.22. The van der Waals surface area contributed by atoms with Crippen LogP contribution < -0.4 is 4.90 Å². The Hall–Kier alpha value is -1.64. The Morgan fingerprint density at radius 1 is 1.14 bits per heavy atom. The molecule has 0 atom stereocenters. The lowest BCUT2D eigenvalue weighted by molar-refractivity contribution is 0.187. The van der Waals surface area contributed by atoms with Crippen molar-refractivity contribution < 1.29 is 0 Å². The average molecular weight is 312 g/mol. The number of thiazole rings is 1. The topological polar surface area (TPSA) is 43.2 Å². The second-order valence-corrected chi connectivity index (χ2v) is 7.26. The second-order valence-electron chi connectivity index (χ2n) is 6.25. The molecule has 1 aromatic carbocycles. The van der Waals surface area contributed by atoms with E-state index in [2.05, 4.69) is 15.9 Å². The molecule has 5 heteroatoms. The van der Waals surface area contributed by atoms with Crippen LogP contribution in [-0.2, 0) is 0 Å². The molecule has 2 aliphatic rings. The fourth-order valence-electron chi connectivity index (χ4n) is 3.67. The first kappa shape index (κ1) is 14.0. The molecule has 0 N–H and O–H groups in total. The van der Waals surface area contributed by atoms with Crippen LogP contribution in [0.2, 0.25) is 0 Å². The van der Waals surface area contributed by atoms with Crippen molar-refractivity contribution in [1.82, 2.24) is 9.88 Å². The summed E-state index contributed by atoms with van der Waals surface area (Å²) in [6.45, 7) is 4.46. The number of piperazine rings is 1. The highest BCUT2D eigenvalue weighted by atomic mass is 32.1. The van der Waals surface area contributed by atoms with Crippen molar-refractivity contribution in [3.8, 4) is 6.07 Å². The Morgan fingerprint density at radius 2 is 1.91 bits per heavy atom. The highest BCUT2D eigenvalue weighted by Crippen LogP contribution is 2.31. The molecule has 22 heavy (non-hydrogen) atoms. The summed E-state index contributed by atoms with van der Waals surface area (Å²) in [4.78, 5) is 9.83. The zero-order valence-corrected chi connectivity index (χ0v) is 13.5. The summed E-state index contributed by atoms with van der Waals surface area (Å²) in [7, 11) is 0. The summed E-state index contributed by atoms with van der Waals surface area (Å²) in [6.07, 6.45) is 5.59. The van der Waals surface area contributed by atoms with Gasteiger partial charge in [-0.3, -0.25) is 4.90 Å². The number of nitrogens with zero attached hydrogens (tertiary/aromatic N) is 4. The predicted octanol–water partition coefficient (Wildman–Crippen LogP) is 3.23. The summed E-state index contributed by atoms with van der Waals surface area (Å²) in [6, 6.07) is 8.79. The lowest BCUT2D eigenvalue weighted by atomic mass is 10.2. The highest BCUT2D eigenvalue weighted by Gasteiger charge is 2.27. The third-order valence-electron chi connectivity index (χ3n) is 4.93. The molecule has 1 aliphatic heterocycles. The van der Waals surface area contributed by atoms with E-state index in [9.17, 15) is 0 Å². The maximum atomic E-state index is 9.00. The molecule has 0 spiro atoms. The summed E-state index contributed by atoms with van der Waals surface area (Å²) in [5.74, 6) is 0. The number of hydrogen-bond acceptors (Lipinski definition) is 5. The molecular formula is C17H20N4S. The Labute approximate surface area is 135 Å². The maximum absolute atomic E-state index is 9.00. The van der Waals surface area contributed by atoms with Crippen LogP contribution in [0.1, 0.15) is 31.2 Å². The van der Waals surface area contributed by atoms with Crippen LogP contribution >= 0.6 is 11.3 Å². The zero-order valence-electron chi connectivity index (χ0n) is 12.7. The van der Waals surface area contributed by atoms with Crippen LogP contribution in [0.3, 0.4) is 0 Å². The molecule has 1 saturated carbocycles. The van der Waals surface area contributed by atoms with E-state index in [1.165, 1.54) is 25.7 Å². The number of nitriles is 1. The van der Waals surface area contributed by atoms with E-state index < -0.39 is 0 Å². The first-order valence-electron chi connectivity index (χ1n) is 8.13. The number of aromatic nitrogens is 1. The summed E-state index contributed by atoms with van der Waals surface area (Å²) < 4.78 is 1.12. The molecular weight excluding hydrogens is 292 g/mol. The van der Waals surface area contributed by atoms with Gasteiger partial charge in [-0.2, -0.15) is 5.26 Å². The van der Waals surface area contributed by atoms with E-state index in [1.807, 2.05) is 18.2 Å². The van der Waals surface area contributed by atoms with Crippen molar-refractivity contribution in [2.75, 3.05) is 31.1 Å². The Kier molecular flexibility index (Phi) is 3.73. The lowest BCUT2D eigenvalue weighted by Crippen LogP contribution is -2.49. The summed E-state index contributed by atoms with van der Waals surface area (Å²) in [5, 5.41) is 10.1. The van der Waals surface area contributed by atoms with Crippen LogP contribution in [0.25, 0.3) is 10.2 Å². The van der Waals surface area contributed by atoms with Crippen molar-refractivity contribution in [2.24, 2.45) is 0 Å². The average Bonchev–Trinajstić information content (AvgIpc) is 3.23. The van der Waals surface area contributed by atoms with Gasteiger partial charge < -0.3 is 4.90 Å². The maximum Gasteiger partial charge on any atom is 0.186 e. The van der Waals surface area contributed by atoms with Gasteiger partial charge in [-0.1, -0.05) is 24.2 Å². The monoisotopic (exact) mass is 312 g/mol. The van der Waals surface area contributed by atoms with E-state index in [4.69, 9.17) is 10.2 Å². The van der Waals surface area contributed by atoms with E-state index >= 15 is 0 Å². The van der Waals surface area contributed by atoms with E-state index in [0.29, 0.717) is 5.56 Å². The fourth-order valence-corrected chi connectivity index (χ4v) is 4.72. The van der Waals surface area contributed by atoms with Crippen LogP contribution in [0.15, 0.2) is 18.2 Å². The van der Waals surface area contributed by atoms with Crippen molar-refractivity contribution in [2.45, 2.75) is 31.7 Å². The van der Waals surface area contributed by atoms with Crippen LogP contribution in [-0.4, -0.2) is 42.1 Å². The molecule has 1 saturated heterocycles. The lowest BCUT2D eigenvalue weighted by Gasteiger charge is -2.37. The molecule has 0 radical (unpaired) electrons. The second kappa shape index (κ2) is 5.86. The summed E-state index contributed by atoms with van der Waals surface area (Å²) >= 11 is 1.71. The molecule has 4 nitrogen and oxygen atoms in total. The van der Waals surface area contributed by atoms with Gasteiger partial charge in [0.15, 0.2) is 5.13 Å². The van der Waals surface area contributed by atoms with Gasteiger partial charge in [0.2, 0.25) is 0 Å². The fraction of sp³-hybridized carbons (Fsp3) is 0.529. The third kappa shape index (κ3) is 2.57. The van der Waals surface area contributed by atoms with Gasteiger partial charge in [-0.05, 0) is 31.0 Å². The molecule has 114 valence electrons. The largest absolute Gasteiger partial charge is 0.345 e. The number of benzene rings is 1. The number of hydrogen-bond donors (Lipinski definition) is 0. The van der Waals surface area contributed by atoms with Crippen molar-refractivity contribution in [1.29, 1.82) is 5.26 Å². The standard InChI is InChI=1S/C17H20N4S/c18-12-13-5-6-15-16(11-13)22-17(19-15)21-9-7-20(8-10-21)14-3-1-2-4-14/h5-6,11,14H,1-4,7-10H2. The smallest absolute Gasteiger partial charge is 0.186 e. The van der Waals surface area contributed by atoms with Crippen LogP contribution in [0.5, 0.6) is 0 Å². The third-order valence-corrected chi connectivity index (χ3v) is 6.01. The molecule has 2 heterocycles. The predicted molar refractivity (Wildman–Crippen MR) is 90.4 cm³/mol. The minimum absolute atomic E-state index is 0.716.